The number of likely N-dealkylation sites (tertiary alicyclic amines) is 1. The van der Waals surface area contributed by atoms with Crippen molar-refractivity contribution < 1.29 is 14.4 Å². The number of amides is 3. The van der Waals surface area contributed by atoms with Crippen LogP contribution in [0.2, 0.25) is 0 Å². The monoisotopic (exact) mass is 294 g/mol. The topological polar surface area (TPSA) is 92.3 Å². The van der Waals surface area contributed by atoms with Crippen molar-refractivity contribution in [1.29, 1.82) is 0 Å². The van der Waals surface area contributed by atoms with Crippen LogP contribution in [0.3, 0.4) is 0 Å². The van der Waals surface area contributed by atoms with Gasteiger partial charge in [-0.2, -0.15) is 0 Å². The highest BCUT2D eigenvalue weighted by Gasteiger charge is 2.48. The number of aromatic nitrogens is 2. The minimum absolute atomic E-state index is 0.202. The molecule has 2 fully saturated rings. The zero-order valence-electron chi connectivity index (χ0n) is 10.7. The molecule has 2 aliphatic rings. The number of hydrogen-bond acceptors (Lipinski definition) is 6. The van der Waals surface area contributed by atoms with E-state index >= 15 is 0 Å². The summed E-state index contributed by atoms with van der Waals surface area (Å²) in [5.74, 6) is -1.25. The molecule has 2 heterocycles. The summed E-state index contributed by atoms with van der Waals surface area (Å²) in [5, 5.41) is 10.2. The average Bonchev–Trinajstić information content (AvgIpc) is 3.03. The first-order valence-corrected chi connectivity index (χ1v) is 7.46. The van der Waals surface area contributed by atoms with E-state index in [2.05, 4.69) is 15.5 Å². The van der Waals surface area contributed by atoms with E-state index in [-0.39, 0.29) is 30.2 Å². The summed E-state index contributed by atoms with van der Waals surface area (Å²) >= 11 is 1.19. The van der Waals surface area contributed by atoms with E-state index in [0.29, 0.717) is 5.13 Å². The van der Waals surface area contributed by atoms with E-state index in [1.807, 2.05) is 0 Å². The van der Waals surface area contributed by atoms with Crippen LogP contribution >= 0.6 is 11.3 Å². The van der Waals surface area contributed by atoms with Gasteiger partial charge in [0, 0.05) is 0 Å². The van der Waals surface area contributed by atoms with Crippen LogP contribution in [-0.2, 0) is 14.4 Å². The zero-order valence-corrected chi connectivity index (χ0v) is 11.6. The van der Waals surface area contributed by atoms with Gasteiger partial charge in [0.2, 0.25) is 22.9 Å². The molecule has 1 N–H and O–H groups in total. The number of rotatable bonds is 3. The summed E-state index contributed by atoms with van der Waals surface area (Å²) in [5.41, 5.74) is 1.50. The molecule has 0 radical (unpaired) electrons. The summed E-state index contributed by atoms with van der Waals surface area (Å²) < 4.78 is 0. The van der Waals surface area contributed by atoms with Crippen LogP contribution in [-0.4, -0.2) is 39.4 Å². The van der Waals surface area contributed by atoms with E-state index in [4.69, 9.17) is 0 Å². The summed E-state index contributed by atoms with van der Waals surface area (Å²) in [6.07, 6.45) is 3.46. The number of nitrogens with one attached hydrogen (secondary N) is 1. The van der Waals surface area contributed by atoms with Crippen molar-refractivity contribution in [3.05, 3.63) is 5.51 Å². The van der Waals surface area contributed by atoms with Gasteiger partial charge in [0.25, 0.3) is 0 Å². The highest BCUT2D eigenvalue weighted by molar-refractivity contribution is 7.13. The lowest BCUT2D eigenvalue weighted by Crippen LogP contribution is -2.38. The molecule has 1 saturated carbocycles. The molecule has 0 spiro atoms. The SMILES string of the molecule is O=C(CN1C(=O)[C@@H]2CCCC[C@H]2C1=O)Nc1nncs1. The van der Waals surface area contributed by atoms with Crippen LogP contribution in [0.15, 0.2) is 5.51 Å². The van der Waals surface area contributed by atoms with Crippen molar-refractivity contribution in [1.82, 2.24) is 15.1 Å². The van der Waals surface area contributed by atoms with Crippen LogP contribution < -0.4 is 5.32 Å². The van der Waals surface area contributed by atoms with Gasteiger partial charge in [-0.15, -0.1) is 10.2 Å². The van der Waals surface area contributed by atoms with Crippen LogP contribution in [0.5, 0.6) is 0 Å². The minimum atomic E-state index is -0.415. The fraction of sp³-hybridized carbons (Fsp3) is 0.583. The predicted molar refractivity (Wildman–Crippen MR) is 70.7 cm³/mol. The second kappa shape index (κ2) is 5.28. The van der Waals surface area contributed by atoms with Crippen molar-refractivity contribution in [2.45, 2.75) is 25.7 Å². The summed E-state index contributed by atoms with van der Waals surface area (Å²) in [6.45, 7) is -0.232. The fourth-order valence-electron chi connectivity index (χ4n) is 2.92. The Bertz CT molecular complexity index is 521. The Kier molecular flexibility index (Phi) is 3.47. The molecule has 1 saturated heterocycles. The predicted octanol–water partition coefficient (Wildman–Crippen LogP) is 0.652. The smallest absolute Gasteiger partial charge is 0.246 e. The quantitative estimate of drug-likeness (QED) is 0.826. The van der Waals surface area contributed by atoms with Gasteiger partial charge >= 0.3 is 0 Å². The molecule has 3 rings (SSSR count). The van der Waals surface area contributed by atoms with Crippen LogP contribution in [0, 0.1) is 11.8 Å². The van der Waals surface area contributed by atoms with Crippen LogP contribution in [0.1, 0.15) is 25.7 Å². The second-order valence-electron chi connectivity index (χ2n) is 5.05. The third kappa shape index (κ3) is 2.31. The highest BCUT2D eigenvalue weighted by Crippen LogP contribution is 2.37. The summed E-state index contributed by atoms with van der Waals surface area (Å²) in [6, 6.07) is 0. The zero-order chi connectivity index (χ0) is 14.1. The molecule has 1 aromatic heterocycles. The first-order chi connectivity index (χ1) is 9.66. The van der Waals surface area contributed by atoms with E-state index in [1.165, 1.54) is 16.8 Å². The Labute approximate surface area is 119 Å². The molecule has 20 heavy (non-hydrogen) atoms. The van der Waals surface area contributed by atoms with Crippen molar-refractivity contribution in [3.8, 4) is 0 Å². The third-order valence-electron chi connectivity index (χ3n) is 3.84. The Balaban J connectivity index is 1.66. The molecule has 1 aliphatic heterocycles. The van der Waals surface area contributed by atoms with Gasteiger partial charge < -0.3 is 0 Å². The van der Waals surface area contributed by atoms with Gasteiger partial charge in [0.1, 0.15) is 12.1 Å². The molecule has 0 unspecified atom stereocenters. The minimum Gasteiger partial charge on any atom is -0.299 e. The lowest BCUT2D eigenvalue weighted by Gasteiger charge is -2.19. The highest BCUT2D eigenvalue weighted by atomic mass is 32.1. The molecule has 3 amide bonds. The molecule has 2 atom stereocenters. The molecule has 1 aromatic rings. The largest absolute Gasteiger partial charge is 0.299 e. The lowest BCUT2D eigenvalue weighted by molar-refractivity contribution is -0.142. The number of carbonyl (C=O) groups is 3. The van der Waals surface area contributed by atoms with Gasteiger partial charge in [-0.25, -0.2) is 0 Å². The van der Waals surface area contributed by atoms with E-state index in [1.54, 1.807) is 0 Å². The Morgan fingerprint density at radius 3 is 2.50 bits per heavy atom. The maximum Gasteiger partial charge on any atom is 0.246 e. The van der Waals surface area contributed by atoms with E-state index in [9.17, 15) is 14.4 Å². The maximum atomic E-state index is 12.2. The standard InChI is InChI=1S/C12H14N4O3S/c17-9(14-12-15-13-6-20-12)5-16-10(18)7-3-1-2-4-8(7)11(16)19/h6-8H,1-5H2,(H,14,15,17)/t7-,8-/m1/s1. The first kappa shape index (κ1) is 13.2. The lowest BCUT2D eigenvalue weighted by atomic mass is 9.81. The van der Waals surface area contributed by atoms with E-state index in [0.717, 1.165) is 30.6 Å². The molecule has 0 aromatic carbocycles. The van der Waals surface area contributed by atoms with Crippen molar-refractivity contribution in [2.75, 3.05) is 11.9 Å². The van der Waals surface area contributed by atoms with Crippen molar-refractivity contribution in [3.63, 3.8) is 0 Å². The number of imide groups is 1. The van der Waals surface area contributed by atoms with Crippen molar-refractivity contribution in [2.24, 2.45) is 11.8 Å². The Morgan fingerprint density at radius 2 is 1.95 bits per heavy atom. The number of anilines is 1. The third-order valence-corrected chi connectivity index (χ3v) is 4.45. The molecular weight excluding hydrogens is 280 g/mol. The molecule has 106 valence electrons. The van der Waals surface area contributed by atoms with E-state index < -0.39 is 5.91 Å². The van der Waals surface area contributed by atoms with Gasteiger partial charge in [0.05, 0.1) is 11.8 Å². The summed E-state index contributed by atoms with van der Waals surface area (Å²) in [7, 11) is 0. The molecular formula is C12H14N4O3S. The van der Waals surface area contributed by atoms with Crippen LogP contribution in [0.25, 0.3) is 0 Å². The van der Waals surface area contributed by atoms with Gasteiger partial charge in [-0.05, 0) is 12.8 Å². The number of nitrogens with zero attached hydrogens (tertiary/aromatic N) is 3. The summed E-state index contributed by atoms with van der Waals surface area (Å²) in [4.78, 5) is 37.3. The molecule has 7 nitrogen and oxygen atoms in total. The average molecular weight is 294 g/mol. The molecule has 0 bridgehead atoms. The van der Waals surface area contributed by atoms with Crippen molar-refractivity contribution >= 4 is 34.2 Å². The van der Waals surface area contributed by atoms with Crippen LogP contribution in [0.4, 0.5) is 5.13 Å². The number of fused-ring (bicyclic) bond motifs is 1. The first-order valence-electron chi connectivity index (χ1n) is 6.58. The molecule has 1 aliphatic carbocycles. The molecule has 8 heteroatoms. The number of carbonyl (C=O) groups excluding carboxylic acids is 3. The Morgan fingerprint density at radius 1 is 1.30 bits per heavy atom. The van der Waals surface area contributed by atoms with Gasteiger partial charge in [0.15, 0.2) is 0 Å². The maximum absolute atomic E-state index is 12.2. The second-order valence-corrected chi connectivity index (χ2v) is 5.89. The fourth-order valence-corrected chi connectivity index (χ4v) is 3.38. The number of hydrogen-bond donors (Lipinski definition) is 1. The Hall–Kier alpha value is -1.83. The van der Waals surface area contributed by atoms with Gasteiger partial charge in [-0.3, -0.25) is 24.6 Å². The van der Waals surface area contributed by atoms with Gasteiger partial charge in [-0.1, -0.05) is 24.2 Å². The normalized spacial score (nSPS) is 25.7.